The Balaban J connectivity index is 0.000000673. The second-order valence-corrected chi connectivity index (χ2v) is 3.36. The molecular formula is C12H20O4. The van der Waals surface area contributed by atoms with E-state index in [-0.39, 0.29) is 12.4 Å². The Hall–Kier alpha value is -1.26. The zero-order chi connectivity index (χ0) is 12.6. The molecule has 0 aliphatic rings. The first-order valence-electron chi connectivity index (χ1n) is 5.19. The molecule has 0 bridgehead atoms. The van der Waals surface area contributed by atoms with E-state index >= 15 is 0 Å². The molecule has 16 heavy (non-hydrogen) atoms. The van der Waals surface area contributed by atoms with E-state index in [1.54, 1.807) is 39.2 Å². The van der Waals surface area contributed by atoms with Gasteiger partial charge in [-0.05, 0) is 32.0 Å². The van der Waals surface area contributed by atoms with Crippen LogP contribution in [0.5, 0.6) is 11.5 Å². The quantitative estimate of drug-likeness (QED) is 0.729. The van der Waals surface area contributed by atoms with Crippen molar-refractivity contribution >= 4 is 0 Å². The topological polar surface area (TPSA) is 69.9 Å². The lowest BCUT2D eigenvalue weighted by atomic mass is 10.1. The van der Waals surface area contributed by atoms with Gasteiger partial charge in [0.2, 0.25) is 0 Å². The lowest BCUT2D eigenvalue weighted by molar-refractivity contribution is 0.194. The molecule has 1 aromatic rings. The Morgan fingerprint density at radius 2 is 1.94 bits per heavy atom. The maximum atomic E-state index is 9.41. The number of aliphatic hydroxyl groups is 2. The fraction of sp³-hybridized carbons (Fsp3) is 0.500. The highest BCUT2D eigenvalue weighted by atomic mass is 16.5. The number of aromatic hydroxyl groups is 1. The molecule has 1 atom stereocenters. The number of hydrogen-bond acceptors (Lipinski definition) is 4. The van der Waals surface area contributed by atoms with Gasteiger partial charge in [-0.2, -0.15) is 0 Å². The van der Waals surface area contributed by atoms with Gasteiger partial charge in [-0.25, -0.2) is 0 Å². The van der Waals surface area contributed by atoms with E-state index in [1.165, 1.54) is 0 Å². The van der Waals surface area contributed by atoms with Crippen molar-refractivity contribution < 1.29 is 20.1 Å². The smallest absolute Gasteiger partial charge is 0.119 e. The number of methoxy groups -OCH3 is 1. The van der Waals surface area contributed by atoms with Crippen molar-refractivity contribution in [2.45, 2.75) is 26.4 Å². The Labute approximate surface area is 96.1 Å². The predicted molar refractivity (Wildman–Crippen MR) is 62.8 cm³/mol. The summed E-state index contributed by atoms with van der Waals surface area (Å²) in [6.45, 7) is 3.61. The van der Waals surface area contributed by atoms with Crippen molar-refractivity contribution in [1.29, 1.82) is 0 Å². The predicted octanol–water partition coefficient (Wildman–Crippen LogP) is 1.32. The summed E-state index contributed by atoms with van der Waals surface area (Å²) in [6, 6.07) is 4.97. The van der Waals surface area contributed by atoms with E-state index < -0.39 is 6.10 Å². The van der Waals surface area contributed by atoms with Gasteiger partial charge in [0.25, 0.3) is 0 Å². The number of hydrogen-bond donors (Lipinski definition) is 3. The van der Waals surface area contributed by atoms with Gasteiger partial charge < -0.3 is 20.1 Å². The fourth-order valence-corrected chi connectivity index (χ4v) is 1.17. The van der Waals surface area contributed by atoms with Gasteiger partial charge in [0.1, 0.15) is 11.5 Å². The van der Waals surface area contributed by atoms with Gasteiger partial charge in [0.15, 0.2) is 0 Å². The molecule has 0 amide bonds. The van der Waals surface area contributed by atoms with Crippen LogP contribution < -0.4 is 4.74 Å². The van der Waals surface area contributed by atoms with Gasteiger partial charge in [-0.15, -0.1) is 0 Å². The highest BCUT2D eigenvalue weighted by Crippen LogP contribution is 2.23. The zero-order valence-electron chi connectivity index (χ0n) is 9.97. The average molecular weight is 228 g/mol. The van der Waals surface area contributed by atoms with Crippen molar-refractivity contribution in [1.82, 2.24) is 0 Å². The first-order valence-corrected chi connectivity index (χ1v) is 5.19. The number of phenolic OH excluding ortho intramolecular Hbond substituents is 1. The summed E-state index contributed by atoms with van der Waals surface area (Å²) in [5.41, 5.74) is 0.703. The molecule has 0 aliphatic carbocycles. The maximum Gasteiger partial charge on any atom is 0.119 e. The van der Waals surface area contributed by atoms with E-state index in [4.69, 9.17) is 14.9 Å². The second-order valence-electron chi connectivity index (χ2n) is 3.36. The Morgan fingerprint density at radius 1 is 1.38 bits per heavy atom. The number of ether oxygens (including phenoxy) is 1. The zero-order valence-corrected chi connectivity index (χ0v) is 9.97. The molecule has 0 aromatic heterocycles. The van der Waals surface area contributed by atoms with Crippen molar-refractivity contribution in [3.05, 3.63) is 23.8 Å². The average Bonchev–Trinajstić information content (AvgIpc) is 2.22. The molecule has 0 spiro atoms. The van der Waals surface area contributed by atoms with Crippen LogP contribution in [-0.2, 0) is 6.42 Å². The standard InChI is InChI=1S/C10H14O3.C2H6O/c1-7(11)5-8-6-9(13-2)3-4-10(8)12;1-2-3/h3-4,6-7,11-12H,5H2,1-2H3;3H,2H2,1H3. The first-order chi connectivity index (χ1) is 7.54. The molecule has 0 saturated heterocycles. The molecule has 0 aliphatic heterocycles. The van der Waals surface area contributed by atoms with Crippen LogP contribution in [0.3, 0.4) is 0 Å². The molecule has 0 heterocycles. The largest absolute Gasteiger partial charge is 0.508 e. The Bertz CT molecular complexity index is 297. The van der Waals surface area contributed by atoms with E-state index in [1.807, 2.05) is 0 Å². The van der Waals surface area contributed by atoms with E-state index in [0.29, 0.717) is 17.7 Å². The summed E-state index contributed by atoms with van der Waals surface area (Å²) in [4.78, 5) is 0. The molecule has 0 fully saturated rings. The molecule has 1 rings (SSSR count). The van der Waals surface area contributed by atoms with Crippen LogP contribution in [0, 0.1) is 0 Å². The van der Waals surface area contributed by atoms with Crippen LogP contribution in [0.4, 0.5) is 0 Å². The monoisotopic (exact) mass is 228 g/mol. The first kappa shape index (κ1) is 14.7. The summed E-state index contributed by atoms with van der Waals surface area (Å²) in [6.07, 6.45) is -0.0266. The molecule has 4 nitrogen and oxygen atoms in total. The SMILES string of the molecule is CCO.COc1ccc(O)c(CC(C)O)c1. The molecule has 92 valence electrons. The van der Waals surface area contributed by atoms with Gasteiger partial charge in [-0.3, -0.25) is 0 Å². The summed E-state index contributed by atoms with van der Waals surface area (Å²) >= 11 is 0. The van der Waals surface area contributed by atoms with Crippen LogP contribution >= 0.6 is 0 Å². The minimum atomic E-state index is -0.460. The number of rotatable bonds is 3. The molecule has 3 N–H and O–H groups in total. The Morgan fingerprint density at radius 3 is 2.38 bits per heavy atom. The number of benzene rings is 1. The van der Waals surface area contributed by atoms with E-state index in [9.17, 15) is 5.11 Å². The summed E-state index contributed by atoms with van der Waals surface area (Å²) in [5.74, 6) is 0.884. The van der Waals surface area contributed by atoms with Gasteiger partial charge >= 0.3 is 0 Å². The molecule has 0 saturated carbocycles. The van der Waals surface area contributed by atoms with Crippen LogP contribution in [0.2, 0.25) is 0 Å². The number of phenols is 1. The third-order valence-corrected chi connectivity index (χ3v) is 1.80. The van der Waals surface area contributed by atoms with Crippen LogP contribution in [-0.4, -0.2) is 35.1 Å². The molecule has 4 heteroatoms. The van der Waals surface area contributed by atoms with Crippen LogP contribution in [0.1, 0.15) is 19.4 Å². The molecule has 0 radical (unpaired) electrons. The Kier molecular flexibility index (Phi) is 7.33. The van der Waals surface area contributed by atoms with E-state index in [2.05, 4.69) is 0 Å². The molecule has 1 aromatic carbocycles. The normalized spacial score (nSPS) is 11.3. The van der Waals surface area contributed by atoms with Crippen LogP contribution in [0.15, 0.2) is 18.2 Å². The summed E-state index contributed by atoms with van der Waals surface area (Å²) in [5, 5.41) is 26.1. The lowest BCUT2D eigenvalue weighted by Crippen LogP contribution is -2.04. The maximum absolute atomic E-state index is 9.41. The van der Waals surface area contributed by atoms with Crippen LogP contribution in [0.25, 0.3) is 0 Å². The third-order valence-electron chi connectivity index (χ3n) is 1.80. The van der Waals surface area contributed by atoms with Gasteiger partial charge in [0.05, 0.1) is 13.2 Å². The molecule has 1 unspecified atom stereocenters. The van der Waals surface area contributed by atoms with Crippen molar-refractivity contribution in [3.63, 3.8) is 0 Å². The van der Waals surface area contributed by atoms with Crippen molar-refractivity contribution in [2.24, 2.45) is 0 Å². The number of aliphatic hydroxyl groups excluding tert-OH is 2. The second kappa shape index (κ2) is 7.96. The van der Waals surface area contributed by atoms with Gasteiger partial charge in [0, 0.05) is 18.6 Å². The van der Waals surface area contributed by atoms with Gasteiger partial charge in [-0.1, -0.05) is 0 Å². The summed E-state index contributed by atoms with van der Waals surface area (Å²) < 4.78 is 5.00. The fourth-order valence-electron chi connectivity index (χ4n) is 1.17. The minimum Gasteiger partial charge on any atom is -0.508 e. The highest BCUT2D eigenvalue weighted by molar-refractivity contribution is 5.39. The highest BCUT2D eigenvalue weighted by Gasteiger charge is 2.05. The van der Waals surface area contributed by atoms with E-state index in [0.717, 1.165) is 0 Å². The summed E-state index contributed by atoms with van der Waals surface area (Å²) in [7, 11) is 1.57. The molecular weight excluding hydrogens is 208 g/mol. The lowest BCUT2D eigenvalue weighted by Gasteiger charge is -2.08. The van der Waals surface area contributed by atoms with Crippen molar-refractivity contribution in [3.8, 4) is 11.5 Å². The van der Waals surface area contributed by atoms with Crippen molar-refractivity contribution in [2.75, 3.05) is 13.7 Å². The third kappa shape index (κ3) is 5.58. The minimum absolute atomic E-state index is 0.196.